The molecule has 0 unspecified atom stereocenters. The predicted octanol–water partition coefficient (Wildman–Crippen LogP) is 3.98. The molecule has 0 fully saturated rings. The number of rotatable bonds is 4. The fourth-order valence-electron chi connectivity index (χ4n) is 3.16. The van der Waals surface area contributed by atoms with E-state index in [-0.39, 0.29) is 18.2 Å². The summed E-state index contributed by atoms with van der Waals surface area (Å²) in [5, 5.41) is 0.614. The molecule has 2 aromatic carbocycles. The molecule has 0 aliphatic carbocycles. The first-order valence-electron chi connectivity index (χ1n) is 8.40. The Hall–Kier alpha value is -2.33. The Morgan fingerprint density at radius 3 is 2.68 bits per heavy atom. The van der Waals surface area contributed by atoms with Crippen LogP contribution in [0.15, 0.2) is 42.5 Å². The molecular weight excluding hydrogens is 336 g/mol. The van der Waals surface area contributed by atoms with Gasteiger partial charge >= 0.3 is 0 Å². The minimum atomic E-state index is -0.102. The molecule has 0 N–H and O–H groups in total. The lowest BCUT2D eigenvalue weighted by atomic mass is 10.2. The number of aryl methyl sites for hydroxylation is 1. The van der Waals surface area contributed by atoms with Gasteiger partial charge in [-0.1, -0.05) is 35.9 Å². The van der Waals surface area contributed by atoms with Crippen molar-refractivity contribution in [2.75, 3.05) is 22.9 Å². The van der Waals surface area contributed by atoms with Crippen molar-refractivity contribution < 1.29 is 9.59 Å². The Labute approximate surface area is 153 Å². The molecule has 0 bridgehead atoms. The van der Waals surface area contributed by atoms with Crippen molar-refractivity contribution in [2.45, 2.75) is 26.7 Å². The molecule has 0 saturated heterocycles. The van der Waals surface area contributed by atoms with E-state index in [0.717, 1.165) is 23.4 Å². The predicted molar refractivity (Wildman–Crippen MR) is 101 cm³/mol. The molecule has 0 aromatic heterocycles. The molecule has 130 valence electrons. The van der Waals surface area contributed by atoms with E-state index in [1.165, 1.54) is 12.5 Å². The van der Waals surface area contributed by atoms with Gasteiger partial charge < -0.3 is 9.80 Å². The van der Waals surface area contributed by atoms with Crippen molar-refractivity contribution in [3.05, 3.63) is 58.6 Å². The van der Waals surface area contributed by atoms with Gasteiger partial charge in [0.2, 0.25) is 11.8 Å². The van der Waals surface area contributed by atoms with E-state index < -0.39 is 0 Å². The number of amides is 2. The summed E-state index contributed by atoms with van der Waals surface area (Å²) in [6, 6.07) is 13.5. The molecule has 1 aliphatic rings. The lowest BCUT2D eigenvalue weighted by molar-refractivity contribution is -0.118. The number of fused-ring (bicyclic) bond motifs is 1. The minimum absolute atomic E-state index is 0.0365. The van der Waals surface area contributed by atoms with Crippen molar-refractivity contribution >= 4 is 34.8 Å². The van der Waals surface area contributed by atoms with E-state index >= 15 is 0 Å². The Morgan fingerprint density at radius 1 is 1.20 bits per heavy atom. The van der Waals surface area contributed by atoms with Crippen molar-refractivity contribution in [3.8, 4) is 0 Å². The van der Waals surface area contributed by atoms with E-state index in [1.54, 1.807) is 11.0 Å². The highest BCUT2D eigenvalue weighted by Crippen LogP contribution is 2.28. The van der Waals surface area contributed by atoms with Crippen molar-refractivity contribution in [1.82, 2.24) is 0 Å². The molecule has 3 rings (SSSR count). The highest BCUT2D eigenvalue weighted by atomic mass is 35.5. The van der Waals surface area contributed by atoms with Gasteiger partial charge in [0.1, 0.15) is 0 Å². The lowest BCUT2D eigenvalue weighted by Crippen LogP contribution is -2.35. The molecule has 0 radical (unpaired) electrons. The minimum Gasteiger partial charge on any atom is -0.312 e. The van der Waals surface area contributed by atoms with Crippen molar-refractivity contribution in [3.63, 3.8) is 0 Å². The molecule has 2 aromatic rings. The Balaban J connectivity index is 1.71. The SMILES string of the molecule is CC(=O)N(CCC(=O)N1CCc2ccccc21)c1ccc(C)c(Cl)c1. The van der Waals surface area contributed by atoms with Crippen LogP contribution in [0.2, 0.25) is 5.02 Å². The second kappa shape index (κ2) is 7.28. The highest BCUT2D eigenvalue weighted by molar-refractivity contribution is 6.31. The molecule has 0 saturated carbocycles. The third kappa shape index (κ3) is 3.69. The molecular formula is C20H21ClN2O2. The zero-order chi connectivity index (χ0) is 18.0. The summed E-state index contributed by atoms with van der Waals surface area (Å²) in [5.41, 5.74) is 3.86. The molecule has 1 heterocycles. The maximum Gasteiger partial charge on any atom is 0.228 e. The third-order valence-electron chi connectivity index (χ3n) is 4.58. The summed E-state index contributed by atoms with van der Waals surface area (Å²) < 4.78 is 0. The van der Waals surface area contributed by atoms with E-state index in [4.69, 9.17) is 11.6 Å². The first-order chi connectivity index (χ1) is 12.0. The number of hydrogen-bond donors (Lipinski definition) is 0. The summed E-state index contributed by atoms with van der Waals surface area (Å²) in [6.45, 7) is 4.46. The van der Waals surface area contributed by atoms with Gasteiger partial charge in [-0.3, -0.25) is 9.59 Å². The second-order valence-electron chi connectivity index (χ2n) is 6.28. The average Bonchev–Trinajstić information content (AvgIpc) is 3.02. The van der Waals surface area contributed by atoms with E-state index in [2.05, 4.69) is 6.07 Å². The van der Waals surface area contributed by atoms with Crippen LogP contribution in [0, 0.1) is 6.92 Å². The number of hydrogen-bond acceptors (Lipinski definition) is 2. The molecule has 25 heavy (non-hydrogen) atoms. The van der Waals surface area contributed by atoms with Crippen LogP contribution < -0.4 is 9.80 Å². The number of nitrogens with zero attached hydrogens (tertiary/aromatic N) is 2. The molecule has 1 aliphatic heterocycles. The normalized spacial score (nSPS) is 12.8. The molecule has 5 heteroatoms. The van der Waals surface area contributed by atoms with E-state index in [0.29, 0.717) is 18.1 Å². The molecule has 0 spiro atoms. The smallest absolute Gasteiger partial charge is 0.228 e. The fraction of sp³-hybridized carbons (Fsp3) is 0.300. The lowest BCUT2D eigenvalue weighted by Gasteiger charge is -2.23. The topological polar surface area (TPSA) is 40.6 Å². The van der Waals surface area contributed by atoms with Crippen LogP contribution in [-0.2, 0) is 16.0 Å². The van der Waals surface area contributed by atoms with Gasteiger partial charge in [-0.2, -0.15) is 0 Å². The number of anilines is 2. The Kier molecular flexibility index (Phi) is 5.09. The number of para-hydroxylation sites is 1. The highest BCUT2D eigenvalue weighted by Gasteiger charge is 2.24. The fourth-order valence-corrected chi connectivity index (χ4v) is 3.33. The van der Waals surface area contributed by atoms with Gasteiger partial charge in [0.05, 0.1) is 0 Å². The zero-order valence-electron chi connectivity index (χ0n) is 14.5. The summed E-state index contributed by atoms with van der Waals surface area (Å²) in [5.74, 6) is -0.0658. The quantitative estimate of drug-likeness (QED) is 0.831. The maximum absolute atomic E-state index is 12.6. The van der Waals surface area contributed by atoms with Crippen LogP contribution in [0.3, 0.4) is 0 Å². The summed E-state index contributed by atoms with van der Waals surface area (Å²) in [6.07, 6.45) is 1.16. The first-order valence-corrected chi connectivity index (χ1v) is 8.77. The Bertz CT molecular complexity index is 819. The van der Waals surface area contributed by atoms with Gasteiger partial charge in [0.15, 0.2) is 0 Å². The number of benzene rings is 2. The first kappa shape index (κ1) is 17.5. The average molecular weight is 357 g/mol. The van der Waals surface area contributed by atoms with Crippen molar-refractivity contribution in [1.29, 1.82) is 0 Å². The van der Waals surface area contributed by atoms with Gasteiger partial charge in [0.25, 0.3) is 0 Å². The monoisotopic (exact) mass is 356 g/mol. The van der Waals surface area contributed by atoms with Crippen LogP contribution in [0.1, 0.15) is 24.5 Å². The standard InChI is InChI=1S/C20H21ClN2O2/c1-14-7-8-17(13-18(14)21)22(15(2)24)12-10-20(25)23-11-9-16-5-3-4-6-19(16)23/h3-8,13H,9-12H2,1-2H3. The van der Waals surface area contributed by atoms with Gasteiger partial charge in [-0.25, -0.2) is 0 Å². The van der Waals surface area contributed by atoms with Gasteiger partial charge in [0, 0.05) is 42.8 Å². The second-order valence-corrected chi connectivity index (χ2v) is 6.69. The van der Waals surface area contributed by atoms with Crippen LogP contribution in [0.25, 0.3) is 0 Å². The van der Waals surface area contributed by atoms with Crippen LogP contribution in [-0.4, -0.2) is 24.9 Å². The zero-order valence-corrected chi connectivity index (χ0v) is 15.2. The largest absolute Gasteiger partial charge is 0.312 e. The van der Waals surface area contributed by atoms with Crippen LogP contribution in [0.4, 0.5) is 11.4 Å². The third-order valence-corrected chi connectivity index (χ3v) is 4.99. The Morgan fingerprint density at radius 2 is 1.96 bits per heavy atom. The van der Waals surface area contributed by atoms with E-state index in [1.807, 2.05) is 42.2 Å². The van der Waals surface area contributed by atoms with Gasteiger partial charge in [-0.15, -0.1) is 0 Å². The molecule has 2 amide bonds. The molecule has 0 atom stereocenters. The maximum atomic E-state index is 12.6. The van der Waals surface area contributed by atoms with E-state index in [9.17, 15) is 9.59 Å². The molecule has 4 nitrogen and oxygen atoms in total. The summed E-state index contributed by atoms with van der Waals surface area (Å²) >= 11 is 6.17. The van der Waals surface area contributed by atoms with Crippen LogP contribution >= 0.6 is 11.6 Å². The summed E-state index contributed by atoms with van der Waals surface area (Å²) in [4.78, 5) is 28.1. The number of halogens is 1. The van der Waals surface area contributed by atoms with Crippen LogP contribution in [0.5, 0.6) is 0 Å². The van der Waals surface area contributed by atoms with Gasteiger partial charge in [-0.05, 0) is 42.7 Å². The summed E-state index contributed by atoms with van der Waals surface area (Å²) in [7, 11) is 0. The number of carbonyl (C=O) groups is 2. The number of carbonyl (C=O) groups excluding carboxylic acids is 2. The van der Waals surface area contributed by atoms with Crippen molar-refractivity contribution in [2.24, 2.45) is 0 Å².